The molecule has 1 aromatic heterocycles. The van der Waals surface area contributed by atoms with Gasteiger partial charge in [-0.05, 0) is 30.7 Å². The van der Waals surface area contributed by atoms with Crippen molar-refractivity contribution in [2.24, 2.45) is 0 Å². The first kappa shape index (κ1) is 20.7. The molecule has 0 bridgehead atoms. The molecule has 0 radical (unpaired) electrons. The van der Waals surface area contributed by atoms with Crippen LogP contribution in [-0.4, -0.2) is 39.7 Å². The molecule has 1 aliphatic heterocycles. The molecule has 1 aliphatic rings. The molecule has 2 aromatic rings. The molecule has 2 heterocycles. The Balaban J connectivity index is 0.00000261. The fourth-order valence-corrected chi connectivity index (χ4v) is 3.09. The van der Waals surface area contributed by atoms with Crippen LogP contribution in [0.25, 0.3) is 0 Å². The second kappa shape index (κ2) is 8.87. The average molecular weight is 402 g/mol. The van der Waals surface area contributed by atoms with Crippen LogP contribution < -0.4 is 10.6 Å². The molecule has 0 aliphatic carbocycles. The quantitative estimate of drug-likeness (QED) is 0.587. The zero-order valence-electron chi connectivity index (χ0n) is 14.1. The first-order chi connectivity index (χ1) is 12.4. The molecular weight excluding hydrogens is 384 g/mol. The zero-order valence-corrected chi connectivity index (χ0v) is 14.9. The molecule has 27 heavy (non-hydrogen) atoms. The van der Waals surface area contributed by atoms with Crippen molar-refractivity contribution in [2.45, 2.75) is 24.9 Å². The van der Waals surface area contributed by atoms with E-state index in [9.17, 15) is 23.7 Å². The molecule has 1 amide bonds. The molecule has 1 aromatic carbocycles. The highest BCUT2D eigenvalue weighted by Crippen LogP contribution is 2.27. The molecule has 1 fully saturated rings. The van der Waals surface area contributed by atoms with Crippen LogP contribution in [0.5, 0.6) is 0 Å². The van der Waals surface area contributed by atoms with Crippen LogP contribution in [0.15, 0.2) is 30.6 Å². The monoisotopic (exact) mass is 401 g/mol. The minimum atomic E-state index is -0.921. The van der Waals surface area contributed by atoms with Gasteiger partial charge in [0, 0.05) is 18.5 Å². The lowest BCUT2D eigenvalue weighted by atomic mass is 9.86. The lowest BCUT2D eigenvalue weighted by molar-refractivity contribution is -0.385. The molecule has 2 unspecified atom stereocenters. The zero-order chi connectivity index (χ0) is 18.7. The number of halogens is 3. The van der Waals surface area contributed by atoms with Crippen molar-refractivity contribution in [3.8, 4) is 0 Å². The summed E-state index contributed by atoms with van der Waals surface area (Å²) < 4.78 is 27.9. The van der Waals surface area contributed by atoms with Gasteiger partial charge < -0.3 is 10.6 Å². The van der Waals surface area contributed by atoms with Gasteiger partial charge in [0.05, 0.1) is 4.92 Å². The number of hydrogen-bond acceptors (Lipinski definition) is 5. The van der Waals surface area contributed by atoms with E-state index in [0.29, 0.717) is 25.1 Å². The molecule has 2 N–H and O–H groups in total. The van der Waals surface area contributed by atoms with Crippen LogP contribution in [0.2, 0.25) is 0 Å². The SMILES string of the molecule is Cl.O=C(Cn1cc([N+](=O)[O-])cn1)NC1CNCCC1c1ccc(F)c(F)c1. The smallest absolute Gasteiger partial charge is 0.307 e. The van der Waals surface area contributed by atoms with E-state index in [-0.39, 0.29) is 42.5 Å². The maximum atomic E-state index is 13.5. The number of hydrogen-bond donors (Lipinski definition) is 2. The predicted octanol–water partition coefficient (Wildman–Crippen LogP) is 1.75. The van der Waals surface area contributed by atoms with Crippen molar-refractivity contribution in [1.82, 2.24) is 20.4 Å². The number of nitrogens with zero attached hydrogens (tertiary/aromatic N) is 3. The normalized spacial score (nSPS) is 19.2. The summed E-state index contributed by atoms with van der Waals surface area (Å²) in [4.78, 5) is 22.3. The van der Waals surface area contributed by atoms with E-state index in [1.54, 1.807) is 0 Å². The third-order valence-electron chi connectivity index (χ3n) is 4.34. The van der Waals surface area contributed by atoms with Gasteiger partial charge in [-0.1, -0.05) is 6.07 Å². The van der Waals surface area contributed by atoms with Gasteiger partial charge >= 0.3 is 5.69 Å². The van der Waals surface area contributed by atoms with Crippen molar-refractivity contribution in [3.63, 3.8) is 0 Å². The molecule has 146 valence electrons. The molecule has 1 saturated heterocycles. The number of nitro groups is 1. The minimum Gasteiger partial charge on any atom is -0.350 e. The fraction of sp³-hybridized carbons (Fsp3) is 0.375. The average Bonchev–Trinajstić information content (AvgIpc) is 3.06. The number of piperidine rings is 1. The Hall–Kier alpha value is -2.59. The number of carbonyl (C=O) groups excluding carboxylic acids is 1. The van der Waals surface area contributed by atoms with Gasteiger partial charge in [0.1, 0.15) is 18.9 Å². The maximum absolute atomic E-state index is 13.5. The summed E-state index contributed by atoms with van der Waals surface area (Å²) in [7, 11) is 0. The maximum Gasteiger partial charge on any atom is 0.307 e. The number of nitrogens with one attached hydrogen (secondary N) is 2. The second-order valence-corrected chi connectivity index (χ2v) is 6.10. The van der Waals surface area contributed by atoms with Gasteiger partial charge in [-0.15, -0.1) is 12.4 Å². The minimum absolute atomic E-state index is 0. The summed E-state index contributed by atoms with van der Waals surface area (Å²) in [5.41, 5.74) is 0.419. The number of carbonyl (C=O) groups is 1. The van der Waals surface area contributed by atoms with Crippen molar-refractivity contribution in [3.05, 3.63) is 57.9 Å². The van der Waals surface area contributed by atoms with Gasteiger partial charge in [-0.25, -0.2) is 8.78 Å². The van der Waals surface area contributed by atoms with E-state index in [1.807, 2.05) is 0 Å². The molecule has 2 atom stereocenters. The first-order valence-corrected chi connectivity index (χ1v) is 8.06. The van der Waals surface area contributed by atoms with Crippen LogP contribution in [0.4, 0.5) is 14.5 Å². The lowest BCUT2D eigenvalue weighted by Crippen LogP contribution is -2.50. The van der Waals surface area contributed by atoms with Gasteiger partial charge in [0.15, 0.2) is 11.6 Å². The number of aromatic nitrogens is 2. The lowest BCUT2D eigenvalue weighted by Gasteiger charge is -2.33. The Morgan fingerprint density at radius 1 is 1.41 bits per heavy atom. The van der Waals surface area contributed by atoms with Crippen LogP contribution in [0.1, 0.15) is 17.9 Å². The standard InChI is InChI=1S/C16H17F2N5O3.ClH/c17-13-2-1-10(5-14(13)18)12-3-4-19-7-15(12)21-16(24)9-22-8-11(6-20-22)23(25)26;/h1-2,5-6,8,12,15,19H,3-4,7,9H2,(H,21,24);1H. The van der Waals surface area contributed by atoms with E-state index in [2.05, 4.69) is 15.7 Å². The molecule has 11 heteroatoms. The highest BCUT2D eigenvalue weighted by atomic mass is 35.5. The van der Waals surface area contributed by atoms with Crippen LogP contribution in [0, 0.1) is 21.7 Å². The van der Waals surface area contributed by atoms with Crippen molar-refractivity contribution < 1.29 is 18.5 Å². The van der Waals surface area contributed by atoms with E-state index in [4.69, 9.17) is 0 Å². The highest BCUT2D eigenvalue weighted by molar-refractivity contribution is 5.85. The summed E-state index contributed by atoms with van der Waals surface area (Å²) >= 11 is 0. The summed E-state index contributed by atoms with van der Waals surface area (Å²) in [5.74, 6) is -2.37. The summed E-state index contributed by atoms with van der Waals surface area (Å²) in [6.45, 7) is 1.00. The molecule has 8 nitrogen and oxygen atoms in total. The Bertz CT molecular complexity index is 832. The van der Waals surface area contributed by atoms with Crippen LogP contribution >= 0.6 is 12.4 Å². The number of benzene rings is 1. The third kappa shape index (κ3) is 4.98. The number of rotatable bonds is 5. The van der Waals surface area contributed by atoms with E-state index < -0.39 is 16.6 Å². The fourth-order valence-electron chi connectivity index (χ4n) is 3.09. The molecule has 0 saturated carbocycles. The Morgan fingerprint density at radius 3 is 2.85 bits per heavy atom. The number of amides is 1. The van der Waals surface area contributed by atoms with E-state index in [1.165, 1.54) is 16.9 Å². The molecule has 0 spiro atoms. The topological polar surface area (TPSA) is 102 Å². The van der Waals surface area contributed by atoms with Crippen molar-refractivity contribution in [2.75, 3.05) is 13.1 Å². The van der Waals surface area contributed by atoms with Gasteiger partial charge in [-0.3, -0.25) is 19.6 Å². The Kier molecular flexibility index (Phi) is 6.81. The van der Waals surface area contributed by atoms with Gasteiger partial charge in [0.25, 0.3) is 0 Å². The summed E-state index contributed by atoms with van der Waals surface area (Å²) in [6.07, 6.45) is 2.90. The molecular formula is C16H18ClF2N5O3. The van der Waals surface area contributed by atoms with Crippen molar-refractivity contribution in [1.29, 1.82) is 0 Å². The first-order valence-electron chi connectivity index (χ1n) is 8.06. The summed E-state index contributed by atoms with van der Waals surface area (Å²) in [5, 5.41) is 20.4. The van der Waals surface area contributed by atoms with Crippen molar-refractivity contribution >= 4 is 24.0 Å². The third-order valence-corrected chi connectivity index (χ3v) is 4.34. The predicted molar refractivity (Wildman–Crippen MR) is 94.6 cm³/mol. The Morgan fingerprint density at radius 2 is 2.19 bits per heavy atom. The van der Waals surface area contributed by atoms with E-state index >= 15 is 0 Å². The van der Waals surface area contributed by atoms with Crippen LogP contribution in [0.3, 0.4) is 0 Å². The summed E-state index contributed by atoms with van der Waals surface area (Å²) in [6, 6.07) is 3.44. The van der Waals surface area contributed by atoms with Crippen LogP contribution in [-0.2, 0) is 11.3 Å². The van der Waals surface area contributed by atoms with Gasteiger partial charge in [-0.2, -0.15) is 5.10 Å². The van der Waals surface area contributed by atoms with Gasteiger partial charge in [0.2, 0.25) is 5.91 Å². The van der Waals surface area contributed by atoms with E-state index in [0.717, 1.165) is 18.3 Å². The molecule has 3 rings (SSSR count). The largest absolute Gasteiger partial charge is 0.350 e. The highest BCUT2D eigenvalue weighted by Gasteiger charge is 2.28. The second-order valence-electron chi connectivity index (χ2n) is 6.10. The Labute approximate surface area is 159 Å².